The Labute approximate surface area is 681 Å². The van der Waals surface area contributed by atoms with E-state index in [0.717, 1.165) is 93.2 Å². The van der Waals surface area contributed by atoms with Gasteiger partial charge in [0.25, 0.3) is 0 Å². The number of allylic oxidation sites excluding steroid dienone is 3. The van der Waals surface area contributed by atoms with E-state index in [1.54, 1.807) is 36.7 Å². The predicted octanol–water partition coefficient (Wildman–Crippen LogP) is 34.5. The Bertz CT molecular complexity index is 3290. The third-order valence-electron chi connectivity index (χ3n) is 14.9. The van der Waals surface area contributed by atoms with E-state index >= 15 is 0 Å². The molecule has 4 aromatic heterocycles. The van der Waals surface area contributed by atoms with Crippen molar-refractivity contribution in [2.45, 2.75) is 98.3 Å². The fourth-order valence-corrected chi connectivity index (χ4v) is 11.5. The normalized spacial score (nSPS) is 34.5. The number of aromatic nitrogens is 6. The number of halogens is 2. The second-order valence-corrected chi connectivity index (χ2v) is 19.1. The van der Waals surface area contributed by atoms with Crippen molar-refractivity contribution in [3.8, 4) is 45.3 Å². The summed E-state index contributed by atoms with van der Waals surface area (Å²) in [4.78, 5) is 44.5. The van der Waals surface area contributed by atoms with Gasteiger partial charge >= 0.3 is 0 Å². The molecule has 0 fully saturated rings. The minimum atomic E-state index is -0.603. The first-order chi connectivity index (χ1) is 124. The second-order valence-electron chi connectivity index (χ2n) is 19.1. The molecule has 11 nitrogen and oxygen atoms in total. The Hall–Kier alpha value is -7.20. The minimum Gasteiger partial charge on any atom is -0.523 e. The van der Waals surface area contributed by atoms with Crippen molar-refractivity contribution in [3.05, 3.63) is 165 Å². The molecule has 1 amide bonds. The molecule has 6 aromatic rings. The number of aliphatic hydroxyl groups is 2. The van der Waals surface area contributed by atoms with Gasteiger partial charge in [-0.3, -0.25) is 14.8 Å². The first-order valence-electron chi connectivity index (χ1n) is 115. The van der Waals surface area contributed by atoms with Crippen molar-refractivity contribution in [2.75, 3.05) is 0 Å². The Morgan fingerprint density at radius 2 is 1.13 bits per heavy atom. The summed E-state index contributed by atoms with van der Waals surface area (Å²) in [6.07, 6.45) is 7.39. The summed E-state index contributed by atoms with van der Waals surface area (Å²) >= 11 is 0. The number of aryl methyl sites for hydroxylation is 2. The van der Waals surface area contributed by atoms with E-state index in [-0.39, 0.29) is 61.3 Å². The smallest absolute Gasteiger partial charge is 0.248 e. The number of pyridine rings is 2. The number of benzene rings is 2. The molecule has 0 saturated carbocycles. The topological polar surface area (TPSA) is 165 Å². The number of hydrogen-bond acceptors (Lipinski definition) is 9. The zero-order valence-corrected chi connectivity index (χ0v) is 38.4. The summed E-state index contributed by atoms with van der Waals surface area (Å²) in [5.41, 5.74) is 15.9. The molecule has 6 atom stereocenters. The van der Waals surface area contributed by atoms with Gasteiger partial charge in [-0.15, -0.1) is 0 Å². The lowest BCUT2D eigenvalue weighted by atomic mass is 9.56. The van der Waals surface area contributed by atoms with Gasteiger partial charge in [-0.2, -0.15) is 0 Å². The van der Waals surface area contributed by atoms with Gasteiger partial charge in [-0.05, 0) is 137 Å². The van der Waals surface area contributed by atoms with Crippen LogP contribution in [0.3, 0.4) is 0 Å². The summed E-state index contributed by atoms with van der Waals surface area (Å²) in [5, 5.41) is 21.4. The zero-order valence-electron chi connectivity index (χ0n) is 222. The fourth-order valence-electron chi connectivity index (χ4n) is 11.5. The third-order valence-corrected chi connectivity index (χ3v) is 14.9. The summed E-state index contributed by atoms with van der Waals surface area (Å²) < 4.78 is 947. The highest BCUT2D eigenvalue weighted by atomic mass is 19.1. The van der Waals surface area contributed by atoms with E-state index in [0.29, 0.717) is 30.2 Å². The molecule has 2 aromatic carbocycles. The standard InChI is InChI=1S/C27H27FN4O2.C27H25FN4O.CH4.93H2/c1-14-12-17(10-11-30-14)26-31-22(16-4-6-18(28)7-5-16)19-8-9-21-15(2)23(33)20(25(29)34)13-27(21,3)24(19)32-26;1-15-13-18(11-12-30-15)26-31-23(17-5-7-19(28)8-6-17)20-9-10-21-16(2)24(33)22(29-4)14-27(21,3)25(20)32-26;;;;;;;;;;;;;;;;;;;;;;;;;;;;;;;;;;;;;;;;;;;;;;;;;;;;;;;;;;;;;;;;;;;;;;;;;;;;;;;;;;;;;;;;;;;;;;/h4-7,10-12,15,21,33H,8-9,13H2,1-3H3,(H2,29,34);5-8,11-13,16,21,33H,9-10,14H2,1-3H3;1H4;93*1H/t15-,21-,27-;16-,21-,27-;;;;;;;;;;;;;;;;;;;;;;;;;;;;;;;;;;;;;;;;;;;;;;;;;;;;;;;;;;;;;;;;;;;;;;;;;;;;;;;;;;;;;;;;;;;;;;/m11............................................................................................../s1/i;;;92*1+2T;1+2. The lowest BCUT2D eigenvalue weighted by Crippen LogP contribution is -2.47. The molecule has 4 aliphatic rings. The maximum atomic E-state index is 13.7. The van der Waals surface area contributed by atoms with Gasteiger partial charge in [0.05, 0.1) is 40.7 Å². The lowest BCUT2D eigenvalue weighted by molar-refractivity contribution is -0.115. The number of nitrogens with two attached hydrogens (primary N) is 1. The van der Waals surface area contributed by atoms with Gasteiger partial charge in [-0.1, -0.05) is 35.1 Å². The Morgan fingerprint density at radius 3 is 1.54 bits per heavy atom. The van der Waals surface area contributed by atoms with E-state index in [2.05, 4.69) is 28.7 Å². The monoisotopic (exact) mass is 1470 g/mol. The Kier molecular flexibility index (Phi) is 2.27. The van der Waals surface area contributed by atoms with Crippen LogP contribution in [0.15, 0.2) is 108 Å². The summed E-state index contributed by atoms with van der Waals surface area (Å²) in [6.45, 7) is 19.7. The van der Waals surface area contributed by atoms with Gasteiger partial charge in [0, 0.05) is 354 Å². The minimum absolute atomic E-state index is 0. The van der Waals surface area contributed by atoms with Crippen LogP contribution in [0.25, 0.3) is 50.1 Å². The van der Waals surface area contributed by atoms with Crippen LogP contribution in [0.1, 0.15) is 369 Å². The van der Waals surface area contributed by atoms with Gasteiger partial charge in [0.1, 0.15) is 17.4 Å². The van der Waals surface area contributed by atoms with E-state index in [4.69, 9.17) is 305 Å². The maximum absolute atomic E-state index is 13.7. The first-order valence-corrected chi connectivity index (χ1v) is 22.7. The number of primary amides is 1. The molecule has 10 rings (SSSR count). The highest BCUT2D eigenvalue weighted by molar-refractivity contribution is 5.93. The molecule has 534 valence electrons. The van der Waals surface area contributed by atoms with E-state index in [1.807, 2.05) is 52.0 Å². The highest BCUT2D eigenvalue weighted by Gasteiger charge is 2.52. The van der Waals surface area contributed by atoms with Gasteiger partial charge in [0.15, 0.2) is 11.6 Å². The third kappa shape index (κ3) is 8.20. The van der Waals surface area contributed by atoms with Gasteiger partial charge in [0.2, 0.25) is 11.6 Å². The molecule has 4 N–H and O–H groups in total. The molecular weight excluding hydrogens is 859 g/mol. The van der Waals surface area contributed by atoms with Crippen molar-refractivity contribution < 1.29 is 298 Å². The predicted molar refractivity (Wildman–Crippen MR) is 455 cm³/mol. The first kappa shape index (κ1) is 8.51. The molecule has 4 aliphatic carbocycles. The lowest BCUT2D eigenvalue weighted by Gasteiger charge is -2.48. The summed E-state index contributed by atoms with van der Waals surface area (Å²) in [5.74, 6) is 0.179. The van der Waals surface area contributed by atoms with Crippen LogP contribution >= 0.6 is 0 Å². The average Bonchev–Trinajstić information content (AvgIpc) is 0.719. The van der Waals surface area contributed by atoms with Gasteiger partial charge < -0.3 is 15.9 Å². The number of fused-ring (bicyclic) bond motifs is 6. The number of carbonyl (C=O) groups is 1. The highest BCUT2D eigenvalue weighted by Crippen LogP contribution is 2.56. The quantitative estimate of drug-likeness (QED) is 0.142. The van der Waals surface area contributed by atoms with Crippen LogP contribution in [-0.2, 0) is 28.5 Å². The van der Waals surface area contributed by atoms with E-state index in [9.17, 15) is 23.8 Å². The van der Waals surface area contributed by atoms with Crippen molar-refractivity contribution in [1.29, 1.82) is 0 Å². The zero-order chi connectivity index (χ0) is 232. The molecule has 0 saturated heterocycles. The van der Waals surface area contributed by atoms with Crippen LogP contribution in [0.5, 0.6) is 0 Å². The molecule has 4 heterocycles. The van der Waals surface area contributed by atoms with Crippen LogP contribution in [0.4, 0.5) is 8.78 Å². The number of hydrogen-bond donors (Lipinski definition) is 3. The molecule has 68 heavy (non-hydrogen) atoms. The van der Waals surface area contributed by atoms with Crippen molar-refractivity contribution in [2.24, 2.45) is 29.4 Å². The molecule has 0 unspecified atom stereocenters. The second kappa shape index (κ2) is 18.1. The molecule has 0 bridgehead atoms. The molecule has 13 heteroatoms. The fraction of sp³-hybridized carbons (Fsp3) is 0.345. The SMILES string of the molecule is C.Cc1cc(-c2nc(-c3ccc(F)cc3)c3c(n2)[C@]2(C)CC(C(N)=O)=C(O)[C@H](C)[C@H]2CC3)ccn1.[3HH].[3H][3H].[3H][3H].[3H][3H].[3H][3H].[3H][3H].[3H][3H].[3H][3H].[3H][3H].[3H][3H].[3H][3H].[3H][3H].[3H][3H].[3H][3H].[3H][3H].[3H][3H].[3H][3H].[3H][3H].[3H][3H].[3H][3H].[3H][3H].[3H][3H].[3H][3H].[3H][3H].[3H][3H].[3H][3H].[3H][3H].[3H][3H].[3H][3H].[3H][3H].[3H][3H].[3H][3H].[3H][3H].[3H][3H].[3H][3H].[3H][3H].[3H][3H].[3H][3H].[3H][3H].[3H][3H].[3H][3H].[3H][3H].[3H][3H].[3H][3H].[3H][3H].[3H][3H].[3H][3H].[3H][3H].[3H][3H].[3H][3H].[3H][3H].[3H][3H].[3H][3H].[3H][3H].[3H][3H].[3H][3H].[3H][3H].[3H][3H].[3H][3H].[3H][3H].[3H][3H].[3H][3H].[3H][3H].[3H][3H].[3H][3H].[3H][3H].[3H][3H].[3H][3H].[3H][3H].[3H][3H].[3H][3H].[3H][3H].[3H][3H].[3H][3H].[3H][3H].[3H][3H].[3H][3H].[3H][3H].[3H][3H].[3H][3H].[3H][3H].[3H][3H].[3H][3H].[3H][3H].[3H][3H].[3H][3H].[3H][3H].[3H][3H].[3H][3H].[3H][3H].[3H][3H].[3H][3H].[3H][3H].[C-]#[N+]C1=C(O)[C@H](C)[C@H]2CCc3c(-c4ccc(F)cc4)nc(-c4ccnc(C)c4)nc3[C@]2(C)C1. The summed E-state index contributed by atoms with van der Waals surface area (Å²) in [6, 6.07) is 20.4. The Morgan fingerprint density at radius 1 is 0.706 bits per heavy atom. The number of aliphatic hydroxyl groups excluding tert-OH is 2. The summed E-state index contributed by atoms with van der Waals surface area (Å²) in [7, 11) is 0. The molecule has 0 spiro atoms. The van der Waals surface area contributed by atoms with Crippen molar-refractivity contribution >= 4 is 5.91 Å². The average molecular weight is 1470 g/mol. The molecular formula is C55H242F2N8O3. The number of carbonyl (C=O) groups excluding carboxylic acids is 1. The van der Waals surface area contributed by atoms with Crippen LogP contribution in [0.2, 0.25) is 0 Å². The number of nitrogens with zero attached hydrogens (tertiary/aromatic N) is 7. The number of amides is 1. The van der Waals surface area contributed by atoms with Crippen LogP contribution in [0, 0.1) is 55.7 Å². The largest absolute Gasteiger partial charge is 0.523 e. The molecule has 0 aliphatic heterocycles. The molecule has 0 radical (unpaired) electrons. The van der Waals surface area contributed by atoms with Crippen LogP contribution < -0.4 is 5.73 Å². The van der Waals surface area contributed by atoms with Crippen molar-refractivity contribution in [1.82, 2.24) is 29.9 Å². The number of rotatable bonds is 5. The maximum Gasteiger partial charge on any atom is 0.248 e. The Balaban J connectivity index is -0.0000000141. The van der Waals surface area contributed by atoms with Gasteiger partial charge in [-0.25, -0.2) is 33.6 Å². The van der Waals surface area contributed by atoms with Crippen molar-refractivity contribution in [3.63, 3.8) is 0 Å². The van der Waals surface area contributed by atoms with E-state index in [1.165, 1.54) is 24.3 Å². The van der Waals surface area contributed by atoms with Crippen LogP contribution in [-0.4, -0.2) is 46.0 Å². The van der Waals surface area contributed by atoms with E-state index < -0.39 is 16.7 Å².